The molecule has 0 bridgehead atoms. The molecule has 242 valence electrons. The third-order valence-corrected chi connectivity index (χ3v) is 11.0. The van der Waals surface area contributed by atoms with E-state index in [1.54, 1.807) is 0 Å². The third-order valence-electron chi connectivity index (χ3n) is 11.0. The smallest absolute Gasteiger partial charge is 0.160 e. The van der Waals surface area contributed by atoms with E-state index in [0.29, 0.717) is 5.82 Å². The van der Waals surface area contributed by atoms with Gasteiger partial charge in [0.2, 0.25) is 0 Å². The average Bonchev–Trinajstić information content (AvgIpc) is 3.51. The molecule has 9 aromatic rings. The molecule has 0 unspecified atom stereocenters. The molecule has 8 aromatic carbocycles. The Kier molecular flexibility index (Phi) is 6.17. The van der Waals surface area contributed by atoms with Crippen LogP contribution in [0.1, 0.15) is 22.3 Å². The van der Waals surface area contributed by atoms with Gasteiger partial charge in [-0.3, -0.25) is 0 Å². The first kappa shape index (κ1) is 28.9. The second-order valence-electron chi connectivity index (χ2n) is 13.6. The van der Waals surface area contributed by atoms with E-state index < -0.39 is 5.41 Å². The number of rotatable bonds is 3. The number of hydrogen-bond acceptors (Lipinski definition) is 3. The first-order valence-electron chi connectivity index (χ1n) is 17.7. The van der Waals surface area contributed by atoms with Gasteiger partial charge in [-0.2, -0.15) is 0 Å². The lowest BCUT2D eigenvalue weighted by Crippen LogP contribution is -2.32. The van der Waals surface area contributed by atoms with Crippen LogP contribution in [0.5, 0.6) is 11.5 Å². The number of fused-ring (bicyclic) bond motifs is 11. The van der Waals surface area contributed by atoms with Crippen LogP contribution in [0.4, 0.5) is 0 Å². The zero-order valence-corrected chi connectivity index (χ0v) is 28.1. The second-order valence-corrected chi connectivity index (χ2v) is 13.6. The number of benzene rings is 8. The minimum absolute atomic E-state index is 0.496. The van der Waals surface area contributed by atoms with E-state index in [0.717, 1.165) is 55.9 Å². The summed E-state index contributed by atoms with van der Waals surface area (Å²) in [6, 6.07) is 64.6. The molecule has 0 amide bonds. The van der Waals surface area contributed by atoms with Gasteiger partial charge < -0.3 is 4.74 Å². The number of para-hydroxylation sites is 3. The molecule has 0 atom stereocenters. The number of nitrogens with zero attached hydrogens (tertiary/aromatic N) is 2. The molecule has 1 spiro atoms. The van der Waals surface area contributed by atoms with Crippen LogP contribution in [-0.4, -0.2) is 9.97 Å². The zero-order chi connectivity index (χ0) is 34.2. The molecule has 0 saturated carbocycles. The molecule has 0 saturated heterocycles. The minimum Gasteiger partial charge on any atom is -0.456 e. The molecule has 1 aromatic heterocycles. The van der Waals surface area contributed by atoms with Crippen molar-refractivity contribution in [2.75, 3.05) is 0 Å². The standard InChI is InChI=1S/C49H30N2O/c1-2-15-34-31(13-1)14-11-20-38(34)46-39-18-5-9-25-44(39)50-48(51-46)33-29-27-32(28-30-33)35-19-12-24-43-47(35)52-45-26-10-8-23-42(45)49(43)40-21-6-3-16-36(40)37-17-4-7-22-41(37)49/h1-30H. The van der Waals surface area contributed by atoms with Gasteiger partial charge in [0.25, 0.3) is 0 Å². The Hall–Kier alpha value is -6.84. The Morgan fingerprint density at radius 2 is 0.942 bits per heavy atom. The van der Waals surface area contributed by atoms with Crippen LogP contribution in [0.25, 0.3) is 66.6 Å². The van der Waals surface area contributed by atoms with E-state index in [2.05, 4.69) is 176 Å². The first-order valence-corrected chi connectivity index (χ1v) is 17.7. The lowest BCUT2D eigenvalue weighted by molar-refractivity contribution is 0.438. The summed E-state index contributed by atoms with van der Waals surface area (Å²) in [5.74, 6) is 2.48. The summed E-state index contributed by atoms with van der Waals surface area (Å²) in [5, 5.41) is 3.41. The normalized spacial score (nSPS) is 13.3. The van der Waals surface area contributed by atoms with Crippen molar-refractivity contribution >= 4 is 21.7 Å². The van der Waals surface area contributed by atoms with Gasteiger partial charge in [-0.25, -0.2) is 9.97 Å². The number of aromatic nitrogens is 2. The fraction of sp³-hybridized carbons (Fsp3) is 0.0204. The molecule has 3 nitrogen and oxygen atoms in total. The van der Waals surface area contributed by atoms with Crippen molar-refractivity contribution in [1.82, 2.24) is 9.97 Å². The van der Waals surface area contributed by atoms with E-state index in [1.807, 2.05) is 6.07 Å². The molecule has 0 fully saturated rings. The molecular formula is C49H30N2O. The molecular weight excluding hydrogens is 633 g/mol. The number of ether oxygens (including phenoxy) is 1. The van der Waals surface area contributed by atoms with E-state index in [-0.39, 0.29) is 0 Å². The average molecular weight is 663 g/mol. The lowest BCUT2D eigenvalue weighted by Gasteiger charge is -2.40. The summed E-state index contributed by atoms with van der Waals surface area (Å²) in [6.07, 6.45) is 0. The minimum atomic E-state index is -0.496. The van der Waals surface area contributed by atoms with Crippen LogP contribution in [-0.2, 0) is 5.41 Å². The highest BCUT2D eigenvalue weighted by Crippen LogP contribution is 2.63. The fourth-order valence-corrected chi connectivity index (χ4v) is 8.75. The molecule has 1 aliphatic heterocycles. The SMILES string of the molecule is c1ccc2c(c1)Oc1c(-c3ccc(-c4nc(-c5cccc6ccccc56)c5ccccc5n4)cc3)cccc1C21c2ccccc2-c2ccccc21. The Balaban J connectivity index is 1.07. The van der Waals surface area contributed by atoms with E-state index in [9.17, 15) is 0 Å². The molecule has 2 heterocycles. The Morgan fingerprint density at radius 1 is 0.385 bits per heavy atom. The molecule has 3 heteroatoms. The monoisotopic (exact) mass is 662 g/mol. The van der Waals surface area contributed by atoms with Crippen LogP contribution in [0, 0.1) is 0 Å². The maximum atomic E-state index is 6.92. The molecule has 52 heavy (non-hydrogen) atoms. The lowest BCUT2D eigenvalue weighted by atomic mass is 9.65. The van der Waals surface area contributed by atoms with Crippen molar-refractivity contribution in [2.24, 2.45) is 0 Å². The predicted octanol–water partition coefficient (Wildman–Crippen LogP) is 12.3. The van der Waals surface area contributed by atoms with Gasteiger partial charge in [0.1, 0.15) is 11.5 Å². The van der Waals surface area contributed by atoms with Crippen LogP contribution in [0.2, 0.25) is 0 Å². The summed E-state index contributed by atoms with van der Waals surface area (Å²) in [5.41, 5.74) is 13.0. The van der Waals surface area contributed by atoms with E-state index in [4.69, 9.17) is 14.7 Å². The van der Waals surface area contributed by atoms with Gasteiger partial charge in [0.05, 0.1) is 16.6 Å². The van der Waals surface area contributed by atoms with Crippen molar-refractivity contribution in [3.63, 3.8) is 0 Å². The van der Waals surface area contributed by atoms with Gasteiger partial charge in [-0.05, 0) is 50.7 Å². The third kappa shape index (κ3) is 4.02. The summed E-state index contributed by atoms with van der Waals surface area (Å²) >= 11 is 0. The van der Waals surface area contributed by atoms with E-state index in [1.165, 1.54) is 38.6 Å². The molecule has 11 rings (SSSR count). The summed E-state index contributed by atoms with van der Waals surface area (Å²) in [6.45, 7) is 0. The Morgan fingerprint density at radius 3 is 1.75 bits per heavy atom. The predicted molar refractivity (Wildman–Crippen MR) is 211 cm³/mol. The van der Waals surface area contributed by atoms with Crippen LogP contribution < -0.4 is 4.74 Å². The molecule has 1 aliphatic carbocycles. The van der Waals surface area contributed by atoms with Gasteiger partial charge in [0.15, 0.2) is 5.82 Å². The maximum Gasteiger partial charge on any atom is 0.160 e. The summed E-state index contributed by atoms with van der Waals surface area (Å²) < 4.78 is 6.92. The Labute approximate surface area is 301 Å². The molecule has 0 radical (unpaired) electrons. The zero-order valence-electron chi connectivity index (χ0n) is 28.1. The quantitative estimate of drug-likeness (QED) is 0.189. The summed E-state index contributed by atoms with van der Waals surface area (Å²) in [7, 11) is 0. The van der Waals surface area contributed by atoms with Gasteiger partial charge in [-0.1, -0.05) is 170 Å². The maximum absolute atomic E-state index is 6.92. The molecule has 0 N–H and O–H groups in total. The highest BCUT2D eigenvalue weighted by atomic mass is 16.5. The van der Waals surface area contributed by atoms with Crippen LogP contribution in [0.15, 0.2) is 182 Å². The highest BCUT2D eigenvalue weighted by Gasteiger charge is 2.51. The summed E-state index contributed by atoms with van der Waals surface area (Å²) in [4.78, 5) is 10.3. The van der Waals surface area contributed by atoms with Crippen molar-refractivity contribution < 1.29 is 4.74 Å². The van der Waals surface area contributed by atoms with E-state index >= 15 is 0 Å². The Bertz CT molecular complexity index is 2840. The van der Waals surface area contributed by atoms with Crippen molar-refractivity contribution in [2.45, 2.75) is 5.41 Å². The van der Waals surface area contributed by atoms with Crippen LogP contribution in [0.3, 0.4) is 0 Å². The van der Waals surface area contributed by atoms with Gasteiger partial charge in [-0.15, -0.1) is 0 Å². The van der Waals surface area contributed by atoms with Gasteiger partial charge in [0, 0.05) is 33.2 Å². The van der Waals surface area contributed by atoms with Crippen molar-refractivity contribution in [1.29, 1.82) is 0 Å². The largest absolute Gasteiger partial charge is 0.456 e. The topological polar surface area (TPSA) is 35.0 Å². The second kappa shape index (κ2) is 11.1. The van der Waals surface area contributed by atoms with Crippen molar-refractivity contribution in [3.05, 3.63) is 204 Å². The fourth-order valence-electron chi connectivity index (χ4n) is 8.75. The number of hydrogen-bond donors (Lipinski definition) is 0. The molecule has 2 aliphatic rings. The van der Waals surface area contributed by atoms with Crippen LogP contribution >= 0.6 is 0 Å². The van der Waals surface area contributed by atoms with Crippen molar-refractivity contribution in [3.8, 4) is 56.4 Å². The van der Waals surface area contributed by atoms with Gasteiger partial charge >= 0.3 is 0 Å². The highest BCUT2D eigenvalue weighted by molar-refractivity contribution is 6.03. The first-order chi connectivity index (χ1) is 25.8.